The lowest BCUT2D eigenvalue weighted by Gasteiger charge is -2.19. The quantitative estimate of drug-likeness (QED) is 0.658. The molecule has 2 aromatic rings. The smallest absolute Gasteiger partial charge is 0.246 e. The first-order chi connectivity index (χ1) is 12.6. The van der Waals surface area contributed by atoms with Gasteiger partial charge in [0.05, 0.1) is 6.54 Å². The number of anilines is 1. The minimum atomic E-state index is 0.0596. The molecule has 1 heterocycles. The Morgan fingerprint density at radius 3 is 2.73 bits per heavy atom. The highest BCUT2D eigenvalue weighted by Crippen LogP contribution is 2.27. The maximum atomic E-state index is 12.6. The number of aryl methyl sites for hydroxylation is 2. The second-order valence-corrected chi connectivity index (χ2v) is 6.63. The highest BCUT2D eigenvalue weighted by molar-refractivity contribution is 5.98. The van der Waals surface area contributed by atoms with Crippen LogP contribution in [0.15, 0.2) is 47.5 Å². The van der Waals surface area contributed by atoms with Gasteiger partial charge >= 0.3 is 0 Å². The number of carbonyl (C=O) groups is 1. The first kappa shape index (κ1) is 18.0. The fraction of sp³-hybridized carbons (Fsp3) is 0.333. The van der Waals surface area contributed by atoms with Gasteiger partial charge in [0.2, 0.25) is 5.91 Å². The Balaban J connectivity index is 1.54. The predicted octanol–water partition coefficient (Wildman–Crippen LogP) is 2.56. The zero-order valence-corrected chi connectivity index (χ0v) is 15.7. The summed E-state index contributed by atoms with van der Waals surface area (Å²) in [4.78, 5) is 18.6. The normalized spacial score (nSPS) is 13.5. The molecule has 136 valence electrons. The van der Waals surface area contributed by atoms with E-state index in [2.05, 4.69) is 53.7 Å². The summed E-state index contributed by atoms with van der Waals surface area (Å²) in [5.41, 5.74) is 5.98. The van der Waals surface area contributed by atoms with E-state index >= 15 is 0 Å². The molecule has 0 spiro atoms. The van der Waals surface area contributed by atoms with Crippen LogP contribution in [0.5, 0.6) is 0 Å². The molecule has 1 amide bonds. The van der Waals surface area contributed by atoms with Crippen molar-refractivity contribution in [3.63, 3.8) is 0 Å². The highest BCUT2D eigenvalue weighted by Gasteiger charge is 2.23. The van der Waals surface area contributed by atoms with Gasteiger partial charge in [-0.2, -0.15) is 0 Å². The molecule has 0 unspecified atom stereocenters. The fourth-order valence-electron chi connectivity index (χ4n) is 3.30. The van der Waals surface area contributed by atoms with E-state index in [0.29, 0.717) is 12.5 Å². The summed E-state index contributed by atoms with van der Waals surface area (Å²) in [5.74, 6) is 0.690. The van der Waals surface area contributed by atoms with E-state index < -0.39 is 0 Å². The Bertz CT molecular complexity index is 829. The van der Waals surface area contributed by atoms with Crippen LogP contribution >= 0.6 is 0 Å². The minimum absolute atomic E-state index is 0.0596. The Hall–Kier alpha value is -2.82. The van der Waals surface area contributed by atoms with Gasteiger partial charge < -0.3 is 15.5 Å². The van der Waals surface area contributed by atoms with Gasteiger partial charge in [0, 0.05) is 25.8 Å². The number of guanidine groups is 1. The van der Waals surface area contributed by atoms with E-state index in [1.54, 1.807) is 7.05 Å². The van der Waals surface area contributed by atoms with Gasteiger partial charge in [0.15, 0.2) is 5.96 Å². The van der Waals surface area contributed by atoms with Crippen molar-refractivity contribution in [3.05, 3.63) is 64.7 Å². The molecule has 26 heavy (non-hydrogen) atoms. The van der Waals surface area contributed by atoms with Crippen molar-refractivity contribution in [1.82, 2.24) is 10.6 Å². The van der Waals surface area contributed by atoms with E-state index in [1.807, 2.05) is 23.1 Å². The van der Waals surface area contributed by atoms with Crippen LogP contribution in [-0.4, -0.2) is 32.0 Å². The molecular weight excluding hydrogens is 324 g/mol. The second kappa shape index (κ2) is 8.04. The lowest BCUT2D eigenvalue weighted by atomic mass is 10.1. The van der Waals surface area contributed by atoms with Crippen molar-refractivity contribution >= 4 is 17.6 Å². The standard InChI is InChI=1S/C21H26N4O/c1-15-8-9-18(16(2)12-15)13-23-21(22-3)24-14-20(26)25-11-10-17-6-4-5-7-19(17)25/h4-9,12H,10-11,13-14H2,1-3H3,(H2,22,23,24). The predicted molar refractivity (Wildman–Crippen MR) is 107 cm³/mol. The third kappa shape index (κ3) is 4.04. The molecule has 2 N–H and O–H groups in total. The summed E-state index contributed by atoms with van der Waals surface area (Å²) in [6.45, 7) is 5.84. The maximum Gasteiger partial charge on any atom is 0.246 e. The molecule has 0 saturated heterocycles. The molecule has 5 nitrogen and oxygen atoms in total. The Morgan fingerprint density at radius 2 is 1.96 bits per heavy atom. The average Bonchev–Trinajstić information content (AvgIpc) is 3.07. The van der Waals surface area contributed by atoms with Gasteiger partial charge in [-0.1, -0.05) is 42.0 Å². The van der Waals surface area contributed by atoms with Gasteiger partial charge in [0.25, 0.3) is 0 Å². The number of amides is 1. The van der Waals surface area contributed by atoms with Crippen LogP contribution in [0.4, 0.5) is 5.69 Å². The van der Waals surface area contributed by atoms with Gasteiger partial charge in [0.1, 0.15) is 0 Å². The number of rotatable bonds is 4. The molecule has 0 aromatic heterocycles. The summed E-state index contributed by atoms with van der Waals surface area (Å²) in [7, 11) is 1.72. The molecule has 5 heteroatoms. The molecule has 2 aromatic carbocycles. The van der Waals surface area contributed by atoms with Crippen molar-refractivity contribution in [2.75, 3.05) is 25.0 Å². The highest BCUT2D eigenvalue weighted by atomic mass is 16.2. The number of para-hydroxylation sites is 1. The third-order valence-corrected chi connectivity index (χ3v) is 4.76. The largest absolute Gasteiger partial charge is 0.352 e. The van der Waals surface area contributed by atoms with Crippen molar-refractivity contribution in [1.29, 1.82) is 0 Å². The van der Waals surface area contributed by atoms with Gasteiger partial charge in [-0.3, -0.25) is 9.79 Å². The topological polar surface area (TPSA) is 56.7 Å². The molecule has 0 aliphatic carbocycles. The molecule has 3 rings (SSSR count). The summed E-state index contributed by atoms with van der Waals surface area (Å²) in [6, 6.07) is 14.5. The number of benzene rings is 2. The van der Waals surface area contributed by atoms with Crippen molar-refractivity contribution < 1.29 is 4.79 Å². The summed E-state index contributed by atoms with van der Waals surface area (Å²) in [5, 5.41) is 6.40. The monoisotopic (exact) mass is 350 g/mol. The van der Waals surface area contributed by atoms with E-state index in [-0.39, 0.29) is 12.5 Å². The number of fused-ring (bicyclic) bond motifs is 1. The van der Waals surface area contributed by atoms with Crippen molar-refractivity contribution in [3.8, 4) is 0 Å². The fourth-order valence-corrected chi connectivity index (χ4v) is 3.30. The number of nitrogens with one attached hydrogen (secondary N) is 2. The number of hydrogen-bond donors (Lipinski definition) is 2. The second-order valence-electron chi connectivity index (χ2n) is 6.63. The van der Waals surface area contributed by atoms with Crippen molar-refractivity contribution in [2.24, 2.45) is 4.99 Å². The lowest BCUT2D eigenvalue weighted by Crippen LogP contribution is -2.44. The van der Waals surface area contributed by atoms with Crippen LogP contribution < -0.4 is 15.5 Å². The molecule has 0 fully saturated rings. The van der Waals surface area contributed by atoms with Gasteiger partial charge in [-0.15, -0.1) is 0 Å². The zero-order chi connectivity index (χ0) is 18.5. The Morgan fingerprint density at radius 1 is 1.15 bits per heavy atom. The van der Waals surface area contributed by atoms with Gasteiger partial charge in [-0.25, -0.2) is 0 Å². The molecular formula is C21H26N4O. The van der Waals surface area contributed by atoms with Crippen LogP contribution in [0.25, 0.3) is 0 Å². The molecule has 0 atom stereocenters. The minimum Gasteiger partial charge on any atom is -0.352 e. The summed E-state index contributed by atoms with van der Waals surface area (Å²) < 4.78 is 0. The summed E-state index contributed by atoms with van der Waals surface area (Å²) in [6.07, 6.45) is 0.918. The van der Waals surface area contributed by atoms with Crippen LogP contribution in [-0.2, 0) is 17.8 Å². The lowest BCUT2D eigenvalue weighted by molar-refractivity contribution is -0.117. The first-order valence-electron chi connectivity index (χ1n) is 8.97. The van der Waals surface area contributed by atoms with E-state index in [4.69, 9.17) is 0 Å². The van der Waals surface area contributed by atoms with Gasteiger partial charge in [-0.05, 0) is 43.0 Å². The third-order valence-electron chi connectivity index (χ3n) is 4.76. The molecule has 0 saturated carbocycles. The number of hydrogen-bond acceptors (Lipinski definition) is 2. The Labute approximate surface area is 155 Å². The molecule has 1 aliphatic rings. The number of carbonyl (C=O) groups excluding carboxylic acids is 1. The number of nitrogens with zero attached hydrogens (tertiary/aromatic N) is 2. The zero-order valence-electron chi connectivity index (χ0n) is 15.7. The van der Waals surface area contributed by atoms with Crippen LogP contribution in [0.1, 0.15) is 22.3 Å². The molecule has 1 aliphatic heterocycles. The average molecular weight is 350 g/mol. The van der Waals surface area contributed by atoms with Crippen LogP contribution in [0.3, 0.4) is 0 Å². The number of aliphatic imine (C=N–C) groups is 1. The van der Waals surface area contributed by atoms with E-state index in [0.717, 1.165) is 18.7 Å². The first-order valence-corrected chi connectivity index (χ1v) is 8.97. The van der Waals surface area contributed by atoms with E-state index in [1.165, 1.54) is 22.3 Å². The SMILES string of the molecule is CN=C(NCC(=O)N1CCc2ccccc21)NCc1ccc(C)cc1C. The van der Waals surface area contributed by atoms with E-state index in [9.17, 15) is 4.79 Å². The van der Waals surface area contributed by atoms with Crippen LogP contribution in [0.2, 0.25) is 0 Å². The van der Waals surface area contributed by atoms with Crippen molar-refractivity contribution in [2.45, 2.75) is 26.8 Å². The summed E-state index contributed by atoms with van der Waals surface area (Å²) >= 11 is 0. The van der Waals surface area contributed by atoms with Crippen LogP contribution in [0, 0.1) is 13.8 Å². The maximum absolute atomic E-state index is 12.6. The molecule has 0 bridgehead atoms. The molecule has 0 radical (unpaired) electrons. The Kier molecular flexibility index (Phi) is 5.56.